The van der Waals surface area contributed by atoms with Gasteiger partial charge in [-0.2, -0.15) is 12.6 Å². The lowest BCUT2D eigenvalue weighted by molar-refractivity contribution is -0.120. The maximum atomic E-state index is 11.3. The van der Waals surface area contributed by atoms with Gasteiger partial charge in [-0.1, -0.05) is 6.07 Å². The van der Waals surface area contributed by atoms with Gasteiger partial charge in [0, 0.05) is 6.54 Å². The zero-order valence-electron chi connectivity index (χ0n) is 10.3. The van der Waals surface area contributed by atoms with Crippen molar-refractivity contribution in [2.45, 2.75) is 18.6 Å². The highest BCUT2D eigenvalue weighted by Gasteiger charge is 2.12. The van der Waals surface area contributed by atoms with Crippen molar-refractivity contribution in [2.75, 3.05) is 19.8 Å². The first-order valence-corrected chi connectivity index (χ1v) is 6.53. The Bertz CT molecular complexity index is 434. The molecule has 0 radical (unpaired) electrons. The van der Waals surface area contributed by atoms with E-state index in [0.717, 1.165) is 23.5 Å². The van der Waals surface area contributed by atoms with Gasteiger partial charge in [0.25, 0.3) is 0 Å². The Morgan fingerprint density at radius 2 is 2.11 bits per heavy atom. The third kappa shape index (κ3) is 3.32. The Morgan fingerprint density at radius 3 is 2.83 bits per heavy atom. The van der Waals surface area contributed by atoms with E-state index in [-0.39, 0.29) is 11.2 Å². The number of amides is 1. The molecule has 98 valence electrons. The van der Waals surface area contributed by atoms with E-state index in [9.17, 15) is 4.79 Å². The largest absolute Gasteiger partial charge is 0.486 e. The van der Waals surface area contributed by atoms with Crippen LogP contribution in [0.25, 0.3) is 0 Å². The van der Waals surface area contributed by atoms with Crippen LogP contribution in [0.15, 0.2) is 18.2 Å². The molecule has 1 aliphatic rings. The maximum absolute atomic E-state index is 11.3. The molecule has 5 heteroatoms. The van der Waals surface area contributed by atoms with E-state index in [1.165, 1.54) is 0 Å². The number of nitrogens with one attached hydrogen (secondary N) is 1. The Hall–Kier alpha value is -1.36. The van der Waals surface area contributed by atoms with Gasteiger partial charge in [-0.25, -0.2) is 0 Å². The smallest absolute Gasteiger partial charge is 0.232 e. The molecule has 1 aromatic carbocycles. The SMILES string of the molecule is CC(S)C(=O)NCCc1ccc2c(c1)OCCO2. The monoisotopic (exact) mass is 267 g/mol. The van der Waals surface area contributed by atoms with Crippen LogP contribution in [0.3, 0.4) is 0 Å². The highest BCUT2D eigenvalue weighted by Crippen LogP contribution is 2.30. The number of rotatable bonds is 4. The lowest BCUT2D eigenvalue weighted by Crippen LogP contribution is -2.31. The highest BCUT2D eigenvalue weighted by molar-refractivity contribution is 7.81. The molecule has 1 atom stereocenters. The molecule has 0 saturated carbocycles. The number of carbonyl (C=O) groups is 1. The van der Waals surface area contributed by atoms with Gasteiger partial charge in [-0.05, 0) is 31.0 Å². The van der Waals surface area contributed by atoms with Crippen LogP contribution in [-0.2, 0) is 11.2 Å². The Morgan fingerprint density at radius 1 is 1.39 bits per heavy atom. The van der Waals surface area contributed by atoms with Gasteiger partial charge in [-0.15, -0.1) is 0 Å². The fourth-order valence-corrected chi connectivity index (χ4v) is 1.81. The van der Waals surface area contributed by atoms with Crippen molar-refractivity contribution in [1.29, 1.82) is 0 Å². The van der Waals surface area contributed by atoms with Gasteiger partial charge >= 0.3 is 0 Å². The maximum Gasteiger partial charge on any atom is 0.232 e. The van der Waals surface area contributed by atoms with Crippen molar-refractivity contribution >= 4 is 18.5 Å². The van der Waals surface area contributed by atoms with E-state index >= 15 is 0 Å². The van der Waals surface area contributed by atoms with Crippen LogP contribution in [0.5, 0.6) is 11.5 Å². The van der Waals surface area contributed by atoms with Crippen LogP contribution in [0, 0.1) is 0 Å². The number of benzene rings is 1. The van der Waals surface area contributed by atoms with Crippen molar-refractivity contribution < 1.29 is 14.3 Å². The van der Waals surface area contributed by atoms with Crippen LogP contribution >= 0.6 is 12.6 Å². The van der Waals surface area contributed by atoms with E-state index in [0.29, 0.717) is 19.8 Å². The molecule has 0 aliphatic carbocycles. The predicted molar refractivity (Wildman–Crippen MR) is 72.6 cm³/mol. The summed E-state index contributed by atoms with van der Waals surface area (Å²) in [5.74, 6) is 1.53. The van der Waals surface area contributed by atoms with Crippen LogP contribution in [0.2, 0.25) is 0 Å². The van der Waals surface area contributed by atoms with Crippen LogP contribution in [-0.4, -0.2) is 30.9 Å². The molecule has 1 aliphatic heterocycles. The normalized spacial score (nSPS) is 15.0. The molecule has 4 nitrogen and oxygen atoms in total. The van der Waals surface area contributed by atoms with Gasteiger partial charge in [0.15, 0.2) is 11.5 Å². The van der Waals surface area contributed by atoms with Crippen molar-refractivity contribution in [3.63, 3.8) is 0 Å². The first-order chi connectivity index (χ1) is 8.66. The first-order valence-electron chi connectivity index (χ1n) is 6.01. The molecule has 1 N–H and O–H groups in total. The zero-order chi connectivity index (χ0) is 13.0. The van der Waals surface area contributed by atoms with Gasteiger partial charge in [0.2, 0.25) is 5.91 Å². The standard InChI is InChI=1S/C13H17NO3S/c1-9(18)13(15)14-5-4-10-2-3-11-12(8-10)17-7-6-16-11/h2-3,8-9,18H,4-7H2,1H3,(H,14,15). The van der Waals surface area contributed by atoms with Crippen molar-refractivity contribution in [3.8, 4) is 11.5 Å². The highest BCUT2D eigenvalue weighted by atomic mass is 32.1. The van der Waals surface area contributed by atoms with Crippen LogP contribution in [0.1, 0.15) is 12.5 Å². The minimum atomic E-state index is -0.273. The molecular formula is C13H17NO3S. The number of carbonyl (C=O) groups excluding carboxylic acids is 1. The second-order valence-electron chi connectivity index (χ2n) is 4.20. The average molecular weight is 267 g/mol. The van der Waals surface area contributed by atoms with E-state index in [2.05, 4.69) is 17.9 Å². The molecule has 2 rings (SSSR count). The average Bonchev–Trinajstić information content (AvgIpc) is 2.38. The van der Waals surface area contributed by atoms with Gasteiger partial charge in [0.05, 0.1) is 5.25 Å². The van der Waals surface area contributed by atoms with E-state index < -0.39 is 0 Å². The summed E-state index contributed by atoms with van der Waals surface area (Å²) in [6, 6.07) is 5.86. The molecule has 1 heterocycles. The minimum Gasteiger partial charge on any atom is -0.486 e. The Balaban J connectivity index is 1.88. The molecule has 0 saturated heterocycles. The zero-order valence-corrected chi connectivity index (χ0v) is 11.2. The molecule has 0 spiro atoms. The summed E-state index contributed by atoms with van der Waals surface area (Å²) in [6.07, 6.45) is 0.767. The molecule has 1 unspecified atom stereocenters. The topological polar surface area (TPSA) is 47.6 Å². The predicted octanol–water partition coefficient (Wildman–Crippen LogP) is 1.43. The number of hydrogen-bond acceptors (Lipinski definition) is 4. The van der Waals surface area contributed by atoms with Crippen LogP contribution in [0.4, 0.5) is 0 Å². The van der Waals surface area contributed by atoms with Gasteiger partial charge in [-0.3, -0.25) is 4.79 Å². The lowest BCUT2D eigenvalue weighted by atomic mass is 10.1. The number of fused-ring (bicyclic) bond motifs is 1. The summed E-state index contributed by atoms with van der Waals surface area (Å²) in [7, 11) is 0. The van der Waals surface area contributed by atoms with Crippen molar-refractivity contribution in [3.05, 3.63) is 23.8 Å². The first kappa shape index (κ1) is 13.1. The molecule has 1 aromatic rings. The van der Waals surface area contributed by atoms with Crippen molar-refractivity contribution in [1.82, 2.24) is 5.32 Å². The molecule has 0 fully saturated rings. The quantitative estimate of drug-likeness (QED) is 0.811. The third-order valence-electron chi connectivity index (χ3n) is 2.70. The summed E-state index contributed by atoms with van der Waals surface area (Å²) in [4.78, 5) is 11.3. The fraction of sp³-hybridized carbons (Fsp3) is 0.462. The van der Waals surface area contributed by atoms with E-state index in [1.807, 2.05) is 18.2 Å². The Kier molecular flexibility index (Phi) is 4.36. The molecular weight excluding hydrogens is 250 g/mol. The Labute approximate surface area is 112 Å². The fourth-order valence-electron chi connectivity index (χ4n) is 1.72. The molecule has 1 amide bonds. The summed E-state index contributed by atoms with van der Waals surface area (Å²) < 4.78 is 11.0. The summed E-state index contributed by atoms with van der Waals surface area (Å²) in [5, 5.41) is 2.55. The number of hydrogen-bond donors (Lipinski definition) is 2. The van der Waals surface area contributed by atoms with Gasteiger partial charge in [0.1, 0.15) is 13.2 Å². The van der Waals surface area contributed by atoms with Gasteiger partial charge < -0.3 is 14.8 Å². The van der Waals surface area contributed by atoms with E-state index in [4.69, 9.17) is 9.47 Å². The number of ether oxygens (including phenoxy) is 2. The lowest BCUT2D eigenvalue weighted by Gasteiger charge is -2.18. The molecule has 18 heavy (non-hydrogen) atoms. The second kappa shape index (κ2) is 6.00. The summed E-state index contributed by atoms with van der Waals surface area (Å²) in [6.45, 7) is 3.54. The van der Waals surface area contributed by atoms with Crippen molar-refractivity contribution in [2.24, 2.45) is 0 Å². The minimum absolute atomic E-state index is 0.0455. The van der Waals surface area contributed by atoms with E-state index in [1.54, 1.807) is 6.92 Å². The summed E-state index contributed by atoms with van der Waals surface area (Å²) in [5.41, 5.74) is 1.12. The molecule has 0 bridgehead atoms. The second-order valence-corrected chi connectivity index (χ2v) is 4.97. The molecule has 0 aromatic heterocycles. The summed E-state index contributed by atoms with van der Waals surface area (Å²) >= 11 is 4.07. The third-order valence-corrected chi connectivity index (χ3v) is 2.93. The van der Waals surface area contributed by atoms with Crippen LogP contribution < -0.4 is 14.8 Å². The number of thiol groups is 1.